The van der Waals surface area contributed by atoms with Crippen LogP contribution in [0.4, 0.5) is 0 Å². The normalized spacial score (nSPS) is 0. The molecule has 0 aliphatic heterocycles. The molecule has 6 N–H and O–H groups in total. The molecule has 0 bridgehead atoms. The zero-order valence-corrected chi connectivity index (χ0v) is 6.15. The van der Waals surface area contributed by atoms with E-state index in [-0.39, 0.29) is 67.6 Å². The molecular weight excluding hydrogens is 150 g/mol. The Morgan fingerprint density at radius 3 is 0.250 bits per heavy atom. The molecule has 0 heterocycles. The summed E-state index contributed by atoms with van der Waals surface area (Å²) in [6.07, 6.45) is 0. The molecule has 0 aromatic carbocycles. The molecule has 0 aliphatic rings. The second-order valence-electron chi connectivity index (χ2n) is 0. The first-order chi connectivity index (χ1) is 0. The summed E-state index contributed by atoms with van der Waals surface area (Å²) >= 11 is 0. The second kappa shape index (κ2) is 536. The summed E-state index contributed by atoms with van der Waals surface area (Å²) in [7, 11) is 0. The number of hydrogen-bond acceptors (Lipinski definition) is 6. The number of hydrogen-bond donors (Lipinski definition) is 0. The Kier molecular flexibility index (Phi) is 53200. The van der Waals surface area contributed by atoms with Gasteiger partial charge in [0.1, 0.15) is 0 Å². The van der Waals surface area contributed by atoms with Crippen LogP contribution in [0.3, 0.4) is 0 Å². The van der Waals surface area contributed by atoms with Crippen LogP contribution < -0.4 is 0 Å². The minimum atomic E-state index is 0. The van der Waals surface area contributed by atoms with E-state index in [1.807, 2.05) is 0 Å². The van der Waals surface area contributed by atoms with E-state index in [0.717, 1.165) is 0 Å². The Labute approximate surface area is 68.0 Å². The Morgan fingerprint density at radius 2 is 0.250 bits per heavy atom. The van der Waals surface area contributed by atoms with Crippen molar-refractivity contribution in [3.05, 3.63) is 0 Å². The molecule has 8 heteroatoms. The third-order valence-electron chi connectivity index (χ3n) is 0. The fourth-order valence-electron chi connectivity index (χ4n) is 0. The van der Waals surface area contributed by atoms with Gasteiger partial charge < -0.3 is 32.9 Å². The predicted octanol–water partition coefficient (Wildman–Crippen LogP) is -1.82. The molecule has 0 amide bonds. The predicted molar refractivity (Wildman–Crippen MR) is 23.1 cm³/mol. The van der Waals surface area contributed by atoms with Gasteiger partial charge in [0.05, 0.1) is 0 Å². The third kappa shape index (κ3) is 340. The third-order valence-corrected chi connectivity index (χ3v) is 0. The summed E-state index contributed by atoms with van der Waals surface area (Å²) in [5.41, 5.74) is 0. The Hall–Kier alpha value is 0.825. The number of rotatable bonds is 0. The van der Waals surface area contributed by atoms with E-state index in [4.69, 9.17) is 0 Å². The summed E-state index contributed by atoms with van der Waals surface area (Å²) in [4.78, 5) is 0. The largest absolute Gasteiger partial charge is 3.00 e. The van der Waals surface area contributed by atoms with E-state index >= 15 is 0 Å². The van der Waals surface area contributed by atoms with Crippen molar-refractivity contribution < 1.29 is 32.9 Å². The van der Waals surface area contributed by atoms with Gasteiger partial charge in [-0.2, -0.15) is 0 Å². The summed E-state index contributed by atoms with van der Waals surface area (Å²) in [6.45, 7) is 0. The van der Waals surface area contributed by atoms with E-state index in [9.17, 15) is 0 Å². The molecule has 6 nitrogen and oxygen atoms in total. The molecule has 48 valence electrons. The maximum atomic E-state index is 0. The van der Waals surface area contributed by atoms with Crippen LogP contribution in [0.2, 0.25) is 0 Å². The van der Waals surface area contributed by atoms with Crippen molar-refractivity contribution in [1.29, 1.82) is 0 Å². The minimum absolute atomic E-state index is 0. The van der Waals surface area contributed by atoms with E-state index in [1.54, 1.807) is 0 Å². The molecule has 0 aromatic rings. The quantitative estimate of drug-likeness (QED) is 0.371. The van der Waals surface area contributed by atoms with Crippen molar-refractivity contribution >= 4 is 34.7 Å². The van der Waals surface area contributed by atoms with E-state index in [0.29, 0.717) is 0 Å². The maximum absolute atomic E-state index is 0. The maximum Gasteiger partial charge on any atom is 3.00 e. The minimum Gasteiger partial charge on any atom is -0.870 e. The van der Waals surface area contributed by atoms with Gasteiger partial charge in [0.2, 0.25) is 0 Å². The van der Waals surface area contributed by atoms with Crippen LogP contribution >= 0.6 is 0 Å². The van der Waals surface area contributed by atoms with Gasteiger partial charge in [-0.25, -0.2) is 0 Å². The van der Waals surface area contributed by atoms with Gasteiger partial charge in [-0.05, 0) is 0 Å². The van der Waals surface area contributed by atoms with Crippen LogP contribution in [0, 0.1) is 0 Å². The Balaban J connectivity index is 0. The smallest absolute Gasteiger partial charge is 0.870 e. The molecule has 0 saturated heterocycles. The molecule has 0 atom stereocenters. The van der Waals surface area contributed by atoms with Crippen molar-refractivity contribution in [2.24, 2.45) is 0 Å². The molecule has 0 aliphatic carbocycles. The zero-order chi connectivity index (χ0) is 0. The monoisotopic (exact) mass is 156 g/mol. The first-order valence-electron chi connectivity index (χ1n) is 0. The molecule has 0 spiro atoms. The van der Waals surface area contributed by atoms with Gasteiger partial charge in [-0.1, -0.05) is 0 Å². The Morgan fingerprint density at radius 1 is 0.250 bits per heavy atom. The van der Waals surface area contributed by atoms with Gasteiger partial charge in [0.15, 0.2) is 0 Å². The van der Waals surface area contributed by atoms with Crippen molar-refractivity contribution in [3.63, 3.8) is 0 Å². The topological polar surface area (TPSA) is 180 Å². The average Bonchev–Trinajstić information content (AvgIpc) is 0. The second-order valence-corrected chi connectivity index (χ2v) is 0. The summed E-state index contributed by atoms with van der Waals surface area (Å²) in [5.74, 6) is 0. The van der Waals surface area contributed by atoms with Crippen molar-refractivity contribution in [2.75, 3.05) is 0 Å². The van der Waals surface area contributed by atoms with Gasteiger partial charge in [-0.15, -0.1) is 0 Å². The van der Waals surface area contributed by atoms with Crippen LogP contribution in [-0.2, 0) is 0 Å². The molecule has 0 fully saturated rings. The van der Waals surface area contributed by atoms with E-state index in [2.05, 4.69) is 0 Å². The summed E-state index contributed by atoms with van der Waals surface area (Å²) in [5, 5.41) is 0. The van der Waals surface area contributed by atoms with Gasteiger partial charge in [0, 0.05) is 0 Å². The first kappa shape index (κ1) is 794. The fraction of sp³-hybridized carbons (Fsp3) is 0. The molecule has 0 saturated carbocycles. The molecular formula is H6Al2O6. The van der Waals surface area contributed by atoms with E-state index in [1.165, 1.54) is 0 Å². The molecule has 0 aromatic heterocycles. The van der Waals surface area contributed by atoms with Crippen molar-refractivity contribution in [1.82, 2.24) is 0 Å². The summed E-state index contributed by atoms with van der Waals surface area (Å²) < 4.78 is 0. The van der Waals surface area contributed by atoms with Crippen LogP contribution in [0.25, 0.3) is 0 Å². The average molecular weight is 156 g/mol. The molecule has 0 unspecified atom stereocenters. The Bertz CT molecular complexity index is 6.49. The fourth-order valence-corrected chi connectivity index (χ4v) is 0. The van der Waals surface area contributed by atoms with Crippen LogP contribution in [0.1, 0.15) is 0 Å². The first-order valence-corrected chi connectivity index (χ1v) is 0. The van der Waals surface area contributed by atoms with Gasteiger partial charge in [0.25, 0.3) is 0 Å². The van der Waals surface area contributed by atoms with Crippen LogP contribution in [0.5, 0.6) is 0 Å². The van der Waals surface area contributed by atoms with Crippen molar-refractivity contribution in [3.8, 4) is 0 Å². The van der Waals surface area contributed by atoms with Crippen LogP contribution in [-0.4, -0.2) is 67.6 Å². The van der Waals surface area contributed by atoms with Crippen molar-refractivity contribution in [2.45, 2.75) is 0 Å². The zero-order valence-electron chi connectivity index (χ0n) is 3.84. The molecule has 0 radical (unpaired) electrons. The van der Waals surface area contributed by atoms with E-state index < -0.39 is 0 Å². The summed E-state index contributed by atoms with van der Waals surface area (Å²) in [6, 6.07) is 0. The molecule has 0 rings (SSSR count). The molecule has 8 heavy (non-hydrogen) atoms. The van der Waals surface area contributed by atoms with Gasteiger partial charge >= 0.3 is 34.7 Å². The standard InChI is InChI=1S/2Al.6H2O/h;;6*1H2/q2*+3;;;;;;/p-6. The SMILES string of the molecule is [Al+3].[Al+3].[OH-].[OH-].[OH-].[OH-].[OH-].[OH-]. The van der Waals surface area contributed by atoms with Gasteiger partial charge in [-0.3, -0.25) is 0 Å². The van der Waals surface area contributed by atoms with Crippen LogP contribution in [0.15, 0.2) is 0 Å².